The molecule has 0 fully saturated rings. The van der Waals surface area contributed by atoms with Crippen LogP contribution < -0.4 is 5.32 Å². The molecule has 0 aliphatic heterocycles. The zero-order valence-corrected chi connectivity index (χ0v) is 11.8. The molecule has 0 aliphatic carbocycles. The van der Waals surface area contributed by atoms with Crippen molar-refractivity contribution < 1.29 is 5.11 Å². The summed E-state index contributed by atoms with van der Waals surface area (Å²) in [7, 11) is 0. The molecule has 100 valence electrons. The molecule has 0 aromatic heterocycles. The predicted molar refractivity (Wildman–Crippen MR) is 79.6 cm³/mol. The van der Waals surface area contributed by atoms with Crippen LogP contribution in [0.4, 0.5) is 0 Å². The molecule has 0 spiro atoms. The summed E-state index contributed by atoms with van der Waals surface area (Å²) in [6, 6.07) is 15.1. The molecule has 0 amide bonds. The lowest BCUT2D eigenvalue weighted by Crippen LogP contribution is -2.21. The Morgan fingerprint density at radius 2 is 1.74 bits per heavy atom. The fourth-order valence-corrected chi connectivity index (χ4v) is 2.21. The number of benzene rings is 2. The average Bonchev–Trinajstić information content (AvgIpc) is 2.44. The highest BCUT2D eigenvalue weighted by Gasteiger charge is 2.07. The molecule has 0 unspecified atom stereocenters. The third-order valence-corrected chi connectivity index (χ3v) is 3.73. The molecule has 2 N–H and O–H groups in total. The number of halogens is 2. The van der Waals surface area contributed by atoms with Gasteiger partial charge in [-0.2, -0.15) is 0 Å². The van der Waals surface area contributed by atoms with E-state index in [-0.39, 0.29) is 0 Å². The Kier molecular flexibility index (Phi) is 5.23. The minimum absolute atomic E-state index is 0.465. The second-order valence-electron chi connectivity index (χ2n) is 4.27. The smallest absolute Gasteiger partial charge is 0.0914 e. The fraction of sp³-hybridized carbons (Fsp3) is 0.200. The lowest BCUT2D eigenvalue weighted by atomic mass is 10.1. The number of nitrogens with one attached hydrogen (secondary N) is 1. The Morgan fingerprint density at radius 3 is 2.47 bits per heavy atom. The van der Waals surface area contributed by atoms with E-state index >= 15 is 0 Å². The summed E-state index contributed by atoms with van der Waals surface area (Å²) in [6.45, 7) is 1.04. The zero-order valence-electron chi connectivity index (χ0n) is 10.3. The molecule has 0 saturated carbocycles. The van der Waals surface area contributed by atoms with Crippen LogP contribution >= 0.6 is 23.2 Å². The summed E-state index contributed by atoms with van der Waals surface area (Å²) >= 11 is 12.0. The molecule has 0 aliphatic rings. The predicted octanol–water partition coefficient (Wildman–Crippen LogP) is 3.82. The Balaban J connectivity index is 1.88. The minimum Gasteiger partial charge on any atom is -0.387 e. The summed E-state index contributed by atoms with van der Waals surface area (Å²) in [6.07, 6.45) is -0.529. The molecule has 2 aromatic carbocycles. The molecule has 0 heterocycles. The van der Waals surface area contributed by atoms with Crippen molar-refractivity contribution in [1.29, 1.82) is 0 Å². The summed E-state index contributed by atoms with van der Waals surface area (Å²) in [5.74, 6) is 0. The van der Waals surface area contributed by atoms with Crippen LogP contribution in [-0.4, -0.2) is 11.7 Å². The topological polar surface area (TPSA) is 32.3 Å². The molecule has 0 radical (unpaired) electrons. The molecule has 19 heavy (non-hydrogen) atoms. The highest BCUT2D eigenvalue weighted by molar-refractivity contribution is 6.42. The Morgan fingerprint density at radius 1 is 1.00 bits per heavy atom. The Hall–Kier alpha value is -1.06. The molecule has 2 rings (SSSR count). The number of aliphatic hydroxyl groups excluding tert-OH is 1. The summed E-state index contributed by atoms with van der Waals surface area (Å²) in [4.78, 5) is 0. The van der Waals surface area contributed by atoms with Crippen LogP contribution in [0, 0.1) is 0 Å². The van der Waals surface area contributed by atoms with Crippen molar-refractivity contribution in [2.75, 3.05) is 6.54 Å². The third-order valence-electron chi connectivity index (χ3n) is 2.87. The van der Waals surface area contributed by atoms with Gasteiger partial charge in [0.25, 0.3) is 0 Å². The van der Waals surface area contributed by atoms with E-state index in [9.17, 15) is 5.11 Å². The summed E-state index contributed by atoms with van der Waals surface area (Å²) in [5.41, 5.74) is 1.82. The highest BCUT2D eigenvalue weighted by atomic mass is 35.5. The maximum atomic E-state index is 10.0. The molecule has 0 bridgehead atoms. The number of aliphatic hydroxyl groups is 1. The van der Waals surface area contributed by atoms with Gasteiger partial charge in [0.05, 0.1) is 16.1 Å². The number of rotatable bonds is 5. The van der Waals surface area contributed by atoms with E-state index in [2.05, 4.69) is 5.32 Å². The van der Waals surface area contributed by atoms with Gasteiger partial charge in [0.2, 0.25) is 0 Å². The molecule has 2 nitrogen and oxygen atoms in total. The van der Waals surface area contributed by atoms with Gasteiger partial charge in [-0.15, -0.1) is 0 Å². The van der Waals surface area contributed by atoms with E-state index in [0.717, 1.165) is 11.1 Å². The highest BCUT2D eigenvalue weighted by Crippen LogP contribution is 2.25. The monoisotopic (exact) mass is 295 g/mol. The van der Waals surface area contributed by atoms with Crippen LogP contribution in [0.1, 0.15) is 17.2 Å². The molecular formula is C15H15Cl2NO. The van der Waals surface area contributed by atoms with Gasteiger partial charge in [0, 0.05) is 13.1 Å². The lowest BCUT2D eigenvalue weighted by Gasteiger charge is -2.13. The van der Waals surface area contributed by atoms with Crippen LogP contribution in [0.3, 0.4) is 0 Å². The van der Waals surface area contributed by atoms with Crippen LogP contribution in [0.5, 0.6) is 0 Å². The van der Waals surface area contributed by atoms with Crippen molar-refractivity contribution >= 4 is 23.2 Å². The maximum Gasteiger partial charge on any atom is 0.0914 e. The quantitative estimate of drug-likeness (QED) is 0.879. The fourth-order valence-electron chi connectivity index (χ4n) is 1.82. The second-order valence-corrected chi connectivity index (χ2v) is 5.06. The van der Waals surface area contributed by atoms with Crippen molar-refractivity contribution in [3.63, 3.8) is 0 Å². The van der Waals surface area contributed by atoms with Crippen molar-refractivity contribution in [3.8, 4) is 0 Å². The van der Waals surface area contributed by atoms with Gasteiger partial charge in [-0.05, 0) is 17.2 Å². The van der Waals surface area contributed by atoms with Gasteiger partial charge in [0.1, 0.15) is 0 Å². The van der Waals surface area contributed by atoms with E-state index < -0.39 is 6.10 Å². The van der Waals surface area contributed by atoms with E-state index in [0.29, 0.717) is 23.1 Å². The van der Waals surface area contributed by atoms with Crippen molar-refractivity contribution in [3.05, 3.63) is 69.7 Å². The normalized spacial score (nSPS) is 12.4. The molecule has 4 heteroatoms. The Bertz CT molecular complexity index is 531. The van der Waals surface area contributed by atoms with Crippen LogP contribution in [0.2, 0.25) is 10.0 Å². The summed E-state index contributed by atoms with van der Waals surface area (Å²) in [5, 5.41) is 14.3. The van der Waals surface area contributed by atoms with Crippen molar-refractivity contribution in [2.45, 2.75) is 12.6 Å². The SMILES string of the molecule is O[C@@H](CNCc1cccc(Cl)c1Cl)c1ccccc1. The first-order chi connectivity index (χ1) is 9.18. The summed E-state index contributed by atoms with van der Waals surface area (Å²) < 4.78 is 0. The number of hydrogen-bond acceptors (Lipinski definition) is 2. The van der Waals surface area contributed by atoms with Crippen LogP contribution in [0.25, 0.3) is 0 Å². The van der Waals surface area contributed by atoms with Gasteiger partial charge in [-0.25, -0.2) is 0 Å². The van der Waals surface area contributed by atoms with Crippen LogP contribution in [0.15, 0.2) is 48.5 Å². The van der Waals surface area contributed by atoms with Crippen molar-refractivity contribution in [2.24, 2.45) is 0 Å². The maximum absolute atomic E-state index is 10.0. The van der Waals surface area contributed by atoms with E-state index in [4.69, 9.17) is 23.2 Å². The Labute approximate surface area is 123 Å². The third kappa shape index (κ3) is 3.95. The van der Waals surface area contributed by atoms with Crippen molar-refractivity contribution in [1.82, 2.24) is 5.32 Å². The van der Waals surface area contributed by atoms with E-state index in [1.807, 2.05) is 42.5 Å². The van der Waals surface area contributed by atoms with Crippen LogP contribution in [-0.2, 0) is 6.54 Å². The van der Waals surface area contributed by atoms with E-state index in [1.165, 1.54) is 0 Å². The number of hydrogen-bond donors (Lipinski definition) is 2. The first-order valence-electron chi connectivity index (χ1n) is 6.05. The zero-order chi connectivity index (χ0) is 13.7. The van der Waals surface area contributed by atoms with Gasteiger partial charge in [-0.1, -0.05) is 65.7 Å². The van der Waals surface area contributed by atoms with E-state index in [1.54, 1.807) is 6.07 Å². The first kappa shape index (κ1) is 14.4. The minimum atomic E-state index is -0.529. The van der Waals surface area contributed by atoms with Gasteiger partial charge >= 0.3 is 0 Å². The standard InChI is InChI=1S/C15H15Cl2NO/c16-13-8-4-7-12(15(13)17)9-18-10-14(19)11-5-2-1-3-6-11/h1-8,14,18-19H,9-10H2/t14-/m0/s1. The molecular weight excluding hydrogens is 281 g/mol. The average molecular weight is 296 g/mol. The van der Waals surface area contributed by atoms with Gasteiger partial charge < -0.3 is 10.4 Å². The molecule has 0 saturated heterocycles. The first-order valence-corrected chi connectivity index (χ1v) is 6.80. The molecule has 2 aromatic rings. The lowest BCUT2D eigenvalue weighted by molar-refractivity contribution is 0.174. The second kappa shape index (κ2) is 6.92. The largest absolute Gasteiger partial charge is 0.387 e. The van der Waals surface area contributed by atoms with Gasteiger partial charge in [-0.3, -0.25) is 0 Å². The molecule has 1 atom stereocenters. The van der Waals surface area contributed by atoms with Gasteiger partial charge in [0.15, 0.2) is 0 Å².